The molecule has 0 heterocycles. The van der Waals surface area contributed by atoms with Gasteiger partial charge in [-0.15, -0.1) is 0 Å². The molecule has 0 aromatic heterocycles. The molecule has 2 amide bonds. The highest BCUT2D eigenvalue weighted by Gasteiger charge is 2.36. The number of urea groups is 1. The SMILES string of the molecule is C=CC(=O)OCCC[Si](OC)(OC)OC.[CH2]CCNC(N)=O. The Balaban J connectivity index is 0. The third-order valence-electron chi connectivity index (χ3n) is 2.45. The van der Waals surface area contributed by atoms with Gasteiger partial charge in [0.2, 0.25) is 0 Å². The maximum Gasteiger partial charge on any atom is 0.500 e. The summed E-state index contributed by atoms with van der Waals surface area (Å²) in [6, 6.07) is 0.129. The Morgan fingerprint density at radius 2 is 1.77 bits per heavy atom. The van der Waals surface area contributed by atoms with Gasteiger partial charge in [-0.1, -0.05) is 13.5 Å². The van der Waals surface area contributed by atoms with Crippen LogP contribution in [0.2, 0.25) is 6.04 Å². The Labute approximate surface area is 133 Å². The highest BCUT2D eigenvalue weighted by atomic mass is 28.4. The fraction of sp³-hybridized carbons (Fsp3) is 0.615. The summed E-state index contributed by atoms with van der Waals surface area (Å²) in [6.07, 6.45) is 2.46. The van der Waals surface area contributed by atoms with E-state index in [4.69, 9.17) is 23.7 Å². The first-order chi connectivity index (χ1) is 10.4. The molecule has 8 nitrogen and oxygen atoms in total. The van der Waals surface area contributed by atoms with Crippen LogP contribution in [0.3, 0.4) is 0 Å². The van der Waals surface area contributed by atoms with Crippen molar-refractivity contribution in [1.82, 2.24) is 5.32 Å². The van der Waals surface area contributed by atoms with Crippen molar-refractivity contribution < 1.29 is 27.6 Å². The monoisotopic (exact) mass is 335 g/mol. The predicted octanol–water partition coefficient (Wildman–Crippen LogP) is 0.863. The van der Waals surface area contributed by atoms with E-state index in [1.165, 1.54) is 0 Å². The number of esters is 1. The number of nitrogens with two attached hydrogens (primary N) is 1. The molecule has 0 bridgehead atoms. The normalized spacial score (nSPS) is 10.2. The fourth-order valence-electron chi connectivity index (χ4n) is 1.29. The molecule has 0 aromatic rings. The minimum Gasteiger partial charge on any atom is -0.463 e. The zero-order valence-electron chi connectivity index (χ0n) is 13.6. The number of nitrogens with one attached hydrogen (secondary N) is 1. The van der Waals surface area contributed by atoms with Crippen LogP contribution in [0.15, 0.2) is 12.7 Å². The summed E-state index contributed by atoms with van der Waals surface area (Å²) >= 11 is 0. The predicted molar refractivity (Wildman–Crippen MR) is 84.9 cm³/mol. The second-order valence-electron chi connectivity index (χ2n) is 3.92. The molecular formula is C13H27N2O6Si. The van der Waals surface area contributed by atoms with Crippen LogP contribution in [0.1, 0.15) is 12.8 Å². The van der Waals surface area contributed by atoms with Gasteiger partial charge in [0.25, 0.3) is 0 Å². The van der Waals surface area contributed by atoms with E-state index < -0.39 is 20.8 Å². The summed E-state index contributed by atoms with van der Waals surface area (Å²) < 4.78 is 20.4. The number of carbonyl (C=O) groups is 2. The van der Waals surface area contributed by atoms with Gasteiger partial charge in [-0.2, -0.15) is 0 Å². The molecular weight excluding hydrogens is 308 g/mol. The second-order valence-corrected chi connectivity index (χ2v) is 7.01. The van der Waals surface area contributed by atoms with Gasteiger partial charge in [-0.3, -0.25) is 0 Å². The fourth-order valence-corrected chi connectivity index (χ4v) is 2.98. The first kappa shape index (κ1) is 22.9. The maximum absolute atomic E-state index is 10.7. The number of hydrogen-bond donors (Lipinski definition) is 2. The van der Waals surface area contributed by atoms with Gasteiger partial charge >= 0.3 is 20.8 Å². The van der Waals surface area contributed by atoms with E-state index in [0.29, 0.717) is 32.0 Å². The van der Waals surface area contributed by atoms with Crippen LogP contribution in [0.25, 0.3) is 0 Å². The largest absolute Gasteiger partial charge is 0.500 e. The van der Waals surface area contributed by atoms with Crippen molar-refractivity contribution in [2.45, 2.75) is 18.9 Å². The van der Waals surface area contributed by atoms with Gasteiger partial charge in [0.15, 0.2) is 0 Å². The third-order valence-corrected chi connectivity index (χ3v) is 5.28. The van der Waals surface area contributed by atoms with Gasteiger partial charge in [0.1, 0.15) is 0 Å². The molecule has 0 aromatic carbocycles. The molecule has 0 unspecified atom stereocenters. The number of hydrogen-bond acceptors (Lipinski definition) is 6. The van der Waals surface area contributed by atoms with Gasteiger partial charge in [-0.25, -0.2) is 9.59 Å². The molecule has 0 spiro atoms. The lowest BCUT2D eigenvalue weighted by molar-refractivity contribution is -0.137. The molecule has 0 aliphatic carbocycles. The second kappa shape index (κ2) is 14.5. The lowest BCUT2D eigenvalue weighted by atomic mass is 10.5. The van der Waals surface area contributed by atoms with Gasteiger partial charge in [0, 0.05) is 40.0 Å². The number of amides is 2. The molecule has 129 valence electrons. The minimum atomic E-state index is -2.52. The summed E-state index contributed by atoms with van der Waals surface area (Å²) in [4.78, 5) is 20.6. The van der Waals surface area contributed by atoms with Crippen molar-refractivity contribution in [1.29, 1.82) is 0 Å². The van der Waals surface area contributed by atoms with Crippen LogP contribution < -0.4 is 11.1 Å². The number of ether oxygens (including phenoxy) is 1. The Morgan fingerprint density at radius 3 is 2.09 bits per heavy atom. The van der Waals surface area contributed by atoms with Crippen molar-refractivity contribution in [3.8, 4) is 0 Å². The van der Waals surface area contributed by atoms with Crippen molar-refractivity contribution >= 4 is 20.8 Å². The van der Waals surface area contributed by atoms with E-state index in [1.807, 2.05) is 0 Å². The Kier molecular flexibility index (Phi) is 15.1. The van der Waals surface area contributed by atoms with Crippen LogP contribution in [0, 0.1) is 6.92 Å². The highest BCUT2D eigenvalue weighted by Crippen LogP contribution is 2.14. The van der Waals surface area contributed by atoms with Gasteiger partial charge < -0.3 is 29.1 Å². The Morgan fingerprint density at radius 1 is 1.23 bits per heavy atom. The quantitative estimate of drug-likeness (QED) is 0.265. The Hall–Kier alpha value is -1.42. The lowest BCUT2D eigenvalue weighted by Gasteiger charge is -2.23. The number of primary amides is 1. The summed E-state index contributed by atoms with van der Waals surface area (Å²) in [5.74, 6) is -0.422. The van der Waals surface area contributed by atoms with Crippen molar-refractivity contribution in [2.75, 3.05) is 34.5 Å². The zero-order valence-corrected chi connectivity index (χ0v) is 14.6. The maximum atomic E-state index is 10.7. The highest BCUT2D eigenvalue weighted by molar-refractivity contribution is 6.60. The molecule has 0 saturated carbocycles. The molecule has 0 aliphatic rings. The van der Waals surface area contributed by atoms with Crippen molar-refractivity contribution in [3.63, 3.8) is 0 Å². The molecule has 0 aliphatic heterocycles. The smallest absolute Gasteiger partial charge is 0.463 e. The van der Waals surface area contributed by atoms with Crippen LogP contribution in [0.4, 0.5) is 4.79 Å². The van der Waals surface area contributed by atoms with E-state index in [9.17, 15) is 9.59 Å². The average Bonchev–Trinajstić information content (AvgIpc) is 2.54. The van der Waals surface area contributed by atoms with E-state index in [1.54, 1.807) is 21.3 Å². The first-order valence-electron chi connectivity index (χ1n) is 6.68. The van der Waals surface area contributed by atoms with E-state index in [-0.39, 0.29) is 0 Å². The van der Waals surface area contributed by atoms with Crippen LogP contribution in [0.5, 0.6) is 0 Å². The zero-order chi connectivity index (χ0) is 17.4. The van der Waals surface area contributed by atoms with Crippen LogP contribution >= 0.6 is 0 Å². The molecule has 9 heteroatoms. The average molecular weight is 335 g/mol. The van der Waals surface area contributed by atoms with Gasteiger partial charge in [-0.05, 0) is 12.8 Å². The molecule has 0 fully saturated rings. The molecule has 0 saturated heterocycles. The molecule has 3 N–H and O–H groups in total. The summed E-state index contributed by atoms with van der Waals surface area (Å²) in [6.45, 7) is 7.66. The lowest BCUT2D eigenvalue weighted by Crippen LogP contribution is -2.42. The Bertz CT molecular complexity index is 315. The molecule has 22 heavy (non-hydrogen) atoms. The minimum absolute atomic E-state index is 0.315. The van der Waals surface area contributed by atoms with Crippen LogP contribution in [-0.2, 0) is 22.8 Å². The van der Waals surface area contributed by atoms with Crippen LogP contribution in [-0.4, -0.2) is 55.3 Å². The van der Waals surface area contributed by atoms with E-state index >= 15 is 0 Å². The van der Waals surface area contributed by atoms with E-state index in [2.05, 4.69) is 18.8 Å². The summed E-state index contributed by atoms with van der Waals surface area (Å²) in [7, 11) is 2.13. The summed E-state index contributed by atoms with van der Waals surface area (Å²) in [5.41, 5.74) is 4.70. The van der Waals surface area contributed by atoms with Crippen molar-refractivity contribution in [3.05, 3.63) is 19.6 Å². The summed E-state index contributed by atoms with van der Waals surface area (Å²) in [5, 5.41) is 2.37. The molecule has 0 rings (SSSR count). The standard InChI is InChI=1S/C9H18O5Si.C4H9N2O/c1-5-9(10)14-7-6-8-15(11-2,12-3)13-4;1-2-3-6-4(5)7/h5H,1,6-8H2,2-4H3;1-3H2,(H3,5,6,7). The number of carbonyl (C=O) groups excluding carboxylic acids is 2. The molecule has 1 radical (unpaired) electrons. The molecule has 0 atom stereocenters. The van der Waals surface area contributed by atoms with E-state index in [0.717, 1.165) is 6.08 Å². The number of rotatable bonds is 10. The van der Waals surface area contributed by atoms with Gasteiger partial charge in [0.05, 0.1) is 6.61 Å². The first-order valence-corrected chi connectivity index (χ1v) is 8.61. The third kappa shape index (κ3) is 12.3. The van der Waals surface area contributed by atoms with Crippen molar-refractivity contribution in [2.24, 2.45) is 5.73 Å². The topological polar surface area (TPSA) is 109 Å².